The Morgan fingerprint density at radius 1 is 1.29 bits per heavy atom. The van der Waals surface area contributed by atoms with E-state index in [2.05, 4.69) is 24.1 Å². The van der Waals surface area contributed by atoms with Crippen LogP contribution >= 0.6 is 11.6 Å². The van der Waals surface area contributed by atoms with E-state index in [4.69, 9.17) is 16.3 Å². The summed E-state index contributed by atoms with van der Waals surface area (Å²) < 4.78 is 5.09. The molecule has 0 aliphatic heterocycles. The minimum atomic E-state index is 0.673. The standard InChI is InChI=1S/C11H16ClNO/c1-13(8-7-12)9-10-3-5-11(14-2)6-4-10/h3-6H,7-9H2,1-2H3. The zero-order valence-corrected chi connectivity index (χ0v) is 9.42. The first-order chi connectivity index (χ1) is 6.76. The number of rotatable bonds is 5. The molecule has 0 saturated carbocycles. The van der Waals surface area contributed by atoms with Gasteiger partial charge in [-0.1, -0.05) is 12.1 Å². The molecule has 0 radical (unpaired) electrons. The second kappa shape index (κ2) is 5.89. The number of nitrogens with zero attached hydrogens (tertiary/aromatic N) is 1. The van der Waals surface area contributed by atoms with Crippen molar-refractivity contribution in [3.05, 3.63) is 29.8 Å². The Morgan fingerprint density at radius 3 is 2.43 bits per heavy atom. The highest BCUT2D eigenvalue weighted by Gasteiger charge is 1.99. The summed E-state index contributed by atoms with van der Waals surface area (Å²) >= 11 is 5.65. The summed E-state index contributed by atoms with van der Waals surface area (Å²) in [6, 6.07) is 8.10. The summed E-state index contributed by atoms with van der Waals surface area (Å²) in [4.78, 5) is 2.19. The van der Waals surface area contributed by atoms with Crippen molar-refractivity contribution in [2.75, 3.05) is 26.6 Å². The number of hydrogen-bond acceptors (Lipinski definition) is 2. The Balaban J connectivity index is 2.50. The molecule has 78 valence electrons. The maximum absolute atomic E-state index is 5.65. The Bertz CT molecular complexity index is 260. The van der Waals surface area contributed by atoms with Gasteiger partial charge in [0, 0.05) is 19.0 Å². The summed E-state index contributed by atoms with van der Waals surface area (Å²) in [6.07, 6.45) is 0. The van der Waals surface area contributed by atoms with Crippen LogP contribution in [0.5, 0.6) is 5.75 Å². The number of alkyl halides is 1. The molecule has 0 bridgehead atoms. The number of ether oxygens (including phenoxy) is 1. The fourth-order valence-corrected chi connectivity index (χ4v) is 1.55. The van der Waals surface area contributed by atoms with Crippen LogP contribution in [0.25, 0.3) is 0 Å². The second-order valence-electron chi connectivity index (χ2n) is 3.27. The highest BCUT2D eigenvalue weighted by molar-refractivity contribution is 6.18. The van der Waals surface area contributed by atoms with Crippen LogP contribution in [0.1, 0.15) is 5.56 Å². The normalized spacial score (nSPS) is 10.6. The minimum Gasteiger partial charge on any atom is -0.497 e. The minimum absolute atomic E-state index is 0.673. The number of hydrogen-bond donors (Lipinski definition) is 0. The van der Waals surface area contributed by atoms with Gasteiger partial charge in [-0.15, -0.1) is 11.6 Å². The molecular formula is C11H16ClNO. The summed E-state index contributed by atoms with van der Waals surface area (Å²) in [5, 5.41) is 0. The highest BCUT2D eigenvalue weighted by atomic mass is 35.5. The van der Waals surface area contributed by atoms with E-state index in [1.54, 1.807) is 7.11 Å². The van der Waals surface area contributed by atoms with Crippen molar-refractivity contribution >= 4 is 11.6 Å². The largest absolute Gasteiger partial charge is 0.497 e. The van der Waals surface area contributed by atoms with E-state index >= 15 is 0 Å². The fourth-order valence-electron chi connectivity index (χ4n) is 1.27. The van der Waals surface area contributed by atoms with Crippen LogP contribution in [-0.4, -0.2) is 31.5 Å². The Labute approximate surface area is 90.4 Å². The molecule has 0 aliphatic rings. The predicted octanol–water partition coefficient (Wildman–Crippen LogP) is 2.37. The van der Waals surface area contributed by atoms with Crippen molar-refractivity contribution in [3.63, 3.8) is 0 Å². The first-order valence-corrected chi connectivity index (χ1v) is 5.17. The SMILES string of the molecule is COc1ccc(CN(C)CCCl)cc1. The molecule has 0 amide bonds. The van der Waals surface area contributed by atoms with Crippen molar-refractivity contribution in [2.24, 2.45) is 0 Å². The zero-order chi connectivity index (χ0) is 10.4. The fraction of sp³-hybridized carbons (Fsp3) is 0.455. The lowest BCUT2D eigenvalue weighted by atomic mass is 10.2. The van der Waals surface area contributed by atoms with Crippen LogP contribution in [0, 0.1) is 0 Å². The molecule has 0 aromatic heterocycles. The average molecular weight is 214 g/mol. The number of halogens is 1. The van der Waals surface area contributed by atoms with Crippen LogP contribution in [0.3, 0.4) is 0 Å². The first kappa shape index (κ1) is 11.3. The molecule has 0 spiro atoms. The van der Waals surface area contributed by atoms with Gasteiger partial charge in [0.25, 0.3) is 0 Å². The molecule has 0 aliphatic carbocycles. The molecule has 1 aromatic carbocycles. The van der Waals surface area contributed by atoms with Crippen molar-refractivity contribution in [1.29, 1.82) is 0 Å². The molecule has 3 heteroatoms. The average Bonchev–Trinajstić information content (AvgIpc) is 2.19. The Morgan fingerprint density at radius 2 is 1.93 bits per heavy atom. The third kappa shape index (κ3) is 3.56. The topological polar surface area (TPSA) is 12.5 Å². The molecule has 1 rings (SSSR count). The molecule has 0 fully saturated rings. The molecule has 0 atom stereocenters. The molecule has 2 nitrogen and oxygen atoms in total. The lowest BCUT2D eigenvalue weighted by Gasteiger charge is -2.14. The van der Waals surface area contributed by atoms with Crippen LogP contribution in [0.2, 0.25) is 0 Å². The maximum atomic E-state index is 5.65. The summed E-state index contributed by atoms with van der Waals surface area (Å²) in [7, 11) is 3.74. The highest BCUT2D eigenvalue weighted by Crippen LogP contribution is 2.12. The van der Waals surface area contributed by atoms with E-state index in [1.807, 2.05) is 12.1 Å². The molecular weight excluding hydrogens is 198 g/mol. The smallest absolute Gasteiger partial charge is 0.118 e. The van der Waals surface area contributed by atoms with Crippen molar-refractivity contribution in [1.82, 2.24) is 4.90 Å². The molecule has 0 saturated heterocycles. The first-order valence-electron chi connectivity index (χ1n) is 4.63. The lowest BCUT2D eigenvalue weighted by molar-refractivity contribution is 0.347. The van der Waals surface area contributed by atoms with Gasteiger partial charge in [0.2, 0.25) is 0 Å². The van der Waals surface area contributed by atoms with Crippen molar-refractivity contribution in [3.8, 4) is 5.75 Å². The zero-order valence-electron chi connectivity index (χ0n) is 8.66. The van der Waals surface area contributed by atoms with E-state index in [0.29, 0.717) is 5.88 Å². The molecule has 0 unspecified atom stereocenters. The monoisotopic (exact) mass is 213 g/mol. The van der Waals surface area contributed by atoms with Gasteiger partial charge in [0.1, 0.15) is 5.75 Å². The van der Waals surface area contributed by atoms with Crippen molar-refractivity contribution < 1.29 is 4.74 Å². The van der Waals surface area contributed by atoms with Gasteiger partial charge in [-0.2, -0.15) is 0 Å². The van der Waals surface area contributed by atoms with Gasteiger partial charge in [-0.25, -0.2) is 0 Å². The van der Waals surface area contributed by atoms with Crippen LogP contribution in [0.4, 0.5) is 0 Å². The van der Waals surface area contributed by atoms with E-state index in [-0.39, 0.29) is 0 Å². The Hall–Kier alpha value is -0.730. The van der Waals surface area contributed by atoms with Crippen LogP contribution < -0.4 is 4.74 Å². The quantitative estimate of drug-likeness (QED) is 0.697. The second-order valence-corrected chi connectivity index (χ2v) is 3.65. The number of benzene rings is 1. The van der Waals surface area contributed by atoms with E-state index in [9.17, 15) is 0 Å². The van der Waals surface area contributed by atoms with Gasteiger partial charge in [-0.3, -0.25) is 0 Å². The predicted molar refractivity (Wildman–Crippen MR) is 60.0 cm³/mol. The van der Waals surface area contributed by atoms with E-state index in [0.717, 1.165) is 18.8 Å². The molecule has 14 heavy (non-hydrogen) atoms. The summed E-state index contributed by atoms with van der Waals surface area (Å²) in [6.45, 7) is 1.84. The Kier molecular flexibility index (Phi) is 4.77. The van der Waals surface area contributed by atoms with Gasteiger partial charge >= 0.3 is 0 Å². The van der Waals surface area contributed by atoms with Gasteiger partial charge in [-0.05, 0) is 24.7 Å². The van der Waals surface area contributed by atoms with Crippen molar-refractivity contribution in [2.45, 2.75) is 6.54 Å². The van der Waals surface area contributed by atoms with Crippen LogP contribution in [0.15, 0.2) is 24.3 Å². The maximum Gasteiger partial charge on any atom is 0.118 e. The molecule has 0 N–H and O–H groups in total. The third-order valence-corrected chi connectivity index (χ3v) is 2.25. The summed E-state index contributed by atoms with van der Waals surface area (Å²) in [5.41, 5.74) is 1.28. The van der Waals surface area contributed by atoms with Gasteiger partial charge in [0.05, 0.1) is 7.11 Å². The van der Waals surface area contributed by atoms with Gasteiger partial charge in [0.15, 0.2) is 0 Å². The molecule has 0 heterocycles. The third-order valence-electron chi connectivity index (χ3n) is 2.08. The summed E-state index contributed by atoms with van der Waals surface area (Å²) in [5.74, 6) is 1.57. The van der Waals surface area contributed by atoms with Crippen LogP contribution in [-0.2, 0) is 6.54 Å². The lowest BCUT2D eigenvalue weighted by Crippen LogP contribution is -2.19. The number of methoxy groups -OCH3 is 1. The van der Waals surface area contributed by atoms with Gasteiger partial charge < -0.3 is 9.64 Å². The van der Waals surface area contributed by atoms with E-state index in [1.165, 1.54) is 5.56 Å². The van der Waals surface area contributed by atoms with E-state index < -0.39 is 0 Å². The molecule has 1 aromatic rings.